The van der Waals surface area contributed by atoms with Crippen LogP contribution < -0.4 is 31.9 Å². The third-order valence-electron chi connectivity index (χ3n) is 12.6. The molecule has 0 saturated carbocycles. The fraction of sp³-hybridized carbons (Fsp3) is 0.545. The molecule has 0 unspecified atom stereocenters. The first-order valence-electron chi connectivity index (χ1n) is 25.3. The van der Waals surface area contributed by atoms with Crippen LogP contribution in [0.15, 0.2) is 91.0 Å². The average Bonchev–Trinajstić information content (AvgIpc) is 4.10. The van der Waals surface area contributed by atoms with Crippen molar-refractivity contribution in [2.75, 3.05) is 39.5 Å². The van der Waals surface area contributed by atoms with Crippen molar-refractivity contribution < 1.29 is 43.0 Å². The fourth-order valence-corrected chi connectivity index (χ4v) is 8.63. The van der Waals surface area contributed by atoms with E-state index < -0.39 is 71.4 Å². The molecule has 0 spiro atoms. The Kier molecular flexibility index (Phi) is 21.7. The summed E-state index contributed by atoms with van der Waals surface area (Å²) < 4.78 is 10.9. The van der Waals surface area contributed by atoms with Crippen molar-refractivity contribution in [3.63, 3.8) is 0 Å². The highest BCUT2D eigenvalue weighted by Crippen LogP contribution is 2.30. The van der Waals surface area contributed by atoms with Crippen LogP contribution in [0.5, 0.6) is 0 Å². The van der Waals surface area contributed by atoms with E-state index in [1.165, 1.54) is 0 Å². The van der Waals surface area contributed by atoms with E-state index in [2.05, 4.69) is 31.9 Å². The summed E-state index contributed by atoms with van der Waals surface area (Å²) in [6.45, 7) is 15.8. The lowest BCUT2D eigenvalue weighted by Crippen LogP contribution is -2.60. The Balaban J connectivity index is 1.36. The Morgan fingerprint density at radius 3 is 1.30 bits per heavy atom. The van der Waals surface area contributed by atoms with Gasteiger partial charge in [-0.25, -0.2) is 0 Å². The van der Waals surface area contributed by atoms with Crippen molar-refractivity contribution in [3.8, 4) is 0 Å². The van der Waals surface area contributed by atoms with E-state index in [1.54, 1.807) is 6.92 Å². The molecular weight excluding hydrogens is 903 g/mol. The number of hydrogen-bond acceptors (Lipinski definition) is 10. The highest BCUT2D eigenvalue weighted by atomic mass is 16.6. The normalized spacial score (nSPS) is 18.3. The third-order valence-corrected chi connectivity index (χ3v) is 12.6. The number of carbonyl (C=O) groups excluding carboxylic acids is 7. The zero-order valence-electron chi connectivity index (χ0n) is 42.7. The number of epoxide rings is 1. The molecule has 16 nitrogen and oxygen atoms in total. The van der Waals surface area contributed by atoms with Gasteiger partial charge >= 0.3 is 0 Å². The second-order valence-electron chi connectivity index (χ2n) is 20.5. The average molecular weight is 980 g/mol. The third kappa shape index (κ3) is 18.9. The molecule has 3 aromatic carbocycles. The lowest BCUT2D eigenvalue weighted by Gasteiger charge is -2.29. The van der Waals surface area contributed by atoms with Gasteiger partial charge in [0.25, 0.3) is 0 Å². The highest BCUT2D eigenvalue weighted by Gasteiger charge is 2.50. The molecule has 0 bridgehead atoms. The summed E-state index contributed by atoms with van der Waals surface area (Å²) in [5.41, 5.74) is 1.52. The van der Waals surface area contributed by atoms with Gasteiger partial charge in [0.15, 0.2) is 5.78 Å². The first-order valence-corrected chi connectivity index (χ1v) is 25.3. The number of amides is 6. The smallest absolute Gasteiger partial charge is 0.243 e. The van der Waals surface area contributed by atoms with E-state index in [0.717, 1.165) is 16.7 Å². The zero-order valence-corrected chi connectivity index (χ0v) is 42.7. The van der Waals surface area contributed by atoms with E-state index in [9.17, 15) is 33.6 Å². The van der Waals surface area contributed by atoms with Crippen molar-refractivity contribution in [3.05, 3.63) is 108 Å². The van der Waals surface area contributed by atoms with Crippen LogP contribution in [0.25, 0.3) is 0 Å². The standard InChI is InChI=1S/C55H77N7O9/c1-36(2)29-43(49(64)55(7)35-71-55)57-53(68)46(32-40-19-13-9-14-20-40)60-52(67)45(31-38(5)6)59-54(69)47(33-41-21-15-10-16-22-41)61-51(66)44(30-37(3)4)58-50(65)42(24-23-39-17-11-8-12-18-39)56-48(63)34-62-25-27-70-28-26-62/h8-22,36-38,42-47H,23-35H2,1-7H3,(H,56,63)(H,57,68)(H,58,65)(H,59,69)(H,60,67)(H,61,66)/t42-,43-,44-,45-,46-,47-,55+/m0/s1. The Hall–Kier alpha value is -5.97. The Morgan fingerprint density at radius 2 is 0.873 bits per heavy atom. The Labute approximate surface area is 419 Å². The summed E-state index contributed by atoms with van der Waals surface area (Å²) in [7, 11) is 0. The summed E-state index contributed by atoms with van der Waals surface area (Å²) >= 11 is 0. The van der Waals surface area contributed by atoms with E-state index in [-0.39, 0.29) is 74.7 Å². The molecule has 386 valence electrons. The molecule has 0 radical (unpaired) electrons. The fourth-order valence-electron chi connectivity index (χ4n) is 8.63. The maximum absolute atomic E-state index is 14.6. The quantitative estimate of drug-likeness (QED) is 0.0579. The second kappa shape index (κ2) is 27.6. The molecule has 2 fully saturated rings. The van der Waals surface area contributed by atoms with Crippen LogP contribution in [0.2, 0.25) is 0 Å². The number of ether oxygens (including phenoxy) is 2. The molecule has 2 aliphatic rings. The molecule has 2 aliphatic heterocycles. The van der Waals surface area contributed by atoms with Crippen LogP contribution in [0, 0.1) is 17.8 Å². The molecule has 2 heterocycles. The molecule has 71 heavy (non-hydrogen) atoms. The zero-order chi connectivity index (χ0) is 51.5. The van der Waals surface area contributed by atoms with Gasteiger partial charge in [-0.1, -0.05) is 133 Å². The number of aryl methyl sites for hydroxylation is 1. The highest BCUT2D eigenvalue weighted by molar-refractivity contribution is 5.99. The van der Waals surface area contributed by atoms with Gasteiger partial charge in [0.1, 0.15) is 35.8 Å². The molecule has 7 atom stereocenters. The lowest BCUT2D eigenvalue weighted by atomic mass is 9.93. The number of hydrogen-bond donors (Lipinski definition) is 6. The summed E-state index contributed by atoms with van der Waals surface area (Å²) in [5.74, 6) is -3.56. The monoisotopic (exact) mass is 980 g/mol. The summed E-state index contributed by atoms with van der Waals surface area (Å²) in [6, 6.07) is 21.6. The van der Waals surface area contributed by atoms with Crippen LogP contribution in [0.4, 0.5) is 0 Å². The number of rotatable bonds is 28. The largest absolute Gasteiger partial charge is 0.379 e. The summed E-state index contributed by atoms with van der Waals surface area (Å²) in [4.78, 5) is 101. The van der Waals surface area contributed by atoms with Gasteiger partial charge in [-0.05, 0) is 73.5 Å². The SMILES string of the molecule is CC(C)C[C@H](NC(=O)[C@H](CCc1ccccc1)NC(=O)CN1CCOCC1)C(=O)N[C@@H](Cc1ccccc1)C(=O)N[C@@H](CC(C)C)C(=O)N[C@@H](Cc1ccccc1)C(=O)N[C@@H](CC(C)C)C(=O)[C@@]1(C)CO1. The molecule has 5 rings (SSSR count). The number of nitrogens with one attached hydrogen (secondary N) is 6. The predicted molar refractivity (Wildman–Crippen MR) is 272 cm³/mol. The van der Waals surface area contributed by atoms with Crippen molar-refractivity contribution in [2.45, 2.75) is 135 Å². The van der Waals surface area contributed by atoms with Crippen LogP contribution in [-0.4, -0.2) is 127 Å². The van der Waals surface area contributed by atoms with E-state index in [4.69, 9.17) is 9.47 Å². The Morgan fingerprint density at radius 1 is 0.507 bits per heavy atom. The lowest BCUT2D eigenvalue weighted by molar-refractivity contribution is -0.136. The molecule has 3 aromatic rings. The van der Waals surface area contributed by atoms with E-state index >= 15 is 0 Å². The molecular formula is C55H77N7O9. The minimum Gasteiger partial charge on any atom is -0.379 e. The predicted octanol–water partition coefficient (Wildman–Crippen LogP) is 3.84. The van der Waals surface area contributed by atoms with Crippen molar-refractivity contribution in [1.29, 1.82) is 0 Å². The maximum atomic E-state index is 14.6. The molecule has 0 aliphatic carbocycles. The van der Waals surface area contributed by atoms with Gasteiger partial charge in [-0.2, -0.15) is 0 Å². The van der Waals surface area contributed by atoms with Gasteiger partial charge in [0.2, 0.25) is 35.4 Å². The topological polar surface area (TPSA) is 217 Å². The number of benzene rings is 3. The number of morpholine rings is 1. The van der Waals surface area contributed by atoms with Crippen LogP contribution in [0.1, 0.15) is 90.8 Å². The Bertz CT molecular complexity index is 2200. The number of nitrogens with zero attached hydrogens (tertiary/aromatic N) is 1. The first-order chi connectivity index (χ1) is 33.9. The van der Waals surface area contributed by atoms with E-state index in [0.29, 0.717) is 39.1 Å². The van der Waals surface area contributed by atoms with Crippen LogP contribution in [-0.2, 0) is 62.3 Å². The maximum Gasteiger partial charge on any atom is 0.243 e. The number of ketones is 1. The molecule has 0 aromatic heterocycles. The summed E-state index contributed by atoms with van der Waals surface area (Å²) in [5, 5.41) is 17.5. The van der Waals surface area contributed by atoms with Crippen LogP contribution in [0.3, 0.4) is 0 Å². The molecule has 2 saturated heterocycles. The second-order valence-corrected chi connectivity index (χ2v) is 20.5. The molecule has 16 heteroatoms. The van der Waals surface area contributed by atoms with Crippen molar-refractivity contribution in [1.82, 2.24) is 36.8 Å². The van der Waals surface area contributed by atoms with Gasteiger partial charge in [0, 0.05) is 25.9 Å². The van der Waals surface area contributed by atoms with E-state index in [1.807, 2.05) is 137 Å². The minimum atomic E-state index is -1.20. The van der Waals surface area contributed by atoms with Crippen molar-refractivity contribution >= 4 is 41.2 Å². The molecule has 6 N–H and O–H groups in total. The van der Waals surface area contributed by atoms with Crippen molar-refractivity contribution in [2.24, 2.45) is 17.8 Å². The van der Waals surface area contributed by atoms with Crippen LogP contribution >= 0.6 is 0 Å². The first kappa shape index (κ1) is 56.0. The van der Waals surface area contributed by atoms with Gasteiger partial charge in [-0.15, -0.1) is 0 Å². The minimum absolute atomic E-state index is 0.0566. The van der Waals surface area contributed by atoms with Gasteiger partial charge < -0.3 is 41.4 Å². The number of carbonyl (C=O) groups is 7. The van der Waals surface area contributed by atoms with Gasteiger partial charge in [0.05, 0.1) is 32.4 Å². The summed E-state index contributed by atoms with van der Waals surface area (Å²) in [6.07, 6.45) is 1.73. The molecule has 6 amide bonds. The number of Topliss-reactive ketones (excluding diaryl/α,β-unsaturated/α-hetero) is 1. The van der Waals surface area contributed by atoms with Gasteiger partial charge in [-0.3, -0.25) is 38.5 Å².